The summed E-state index contributed by atoms with van der Waals surface area (Å²) in [5, 5.41) is 4.06. The Morgan fingerprint density at radius 1 is 1.29 bits per heavy atom. The van der Waals surface area contributed by atoms with Crippen LogP contribution in [0.25, 0.3) is 0 Å². The number of hydrogen-bond donors (Lipinski definition) is 0. The zero-order chi connectivity index (χ0) is 16.9. The molecule has 0 aliphatic carbocycles. The number of oxazole rings is 1. The van der Waals surface area contributed by atoms with Crippen molar-refractivity contribution in [2.24, 2.45) is 0 Å². The molecule has 0 spiro atoms. The second kappa shape index (κ2) is 7.40. The van der Waals surface area contributed by atoms with Crippen LogP contribution in [0.3, 0.4) is 0 Å². The van der Waals surface area contributed by atoms with Crippen molar-refractivity contribution in [2.45, 2.75) is 33.4 Å². The summed E-state index contributed by atoms with van der Waals surface area (Å²) in [6.45, 7) is 4.77. The monoisotopic (exact) mass is 341 g/mol. The van der Waals surface area contributed by atoms with E-state index in [9.17, 15) is 4.79 Å². The smallest absolute Gasteiger partial charge is 0.292 e. The van der Waals surface area contributed by atoms with Gasteiger partial charge in [0.1, 0.15) is 0 Å². The molecular formula is C18H19N3O2S. The molecule has 0 aromatic carbocycles. The highest BCUT2D eigenvalue weighted by Gasteiger charge is 2.23. The van der Waals surface area contributed by atoms with Crippen LogP contribution < -0.4 is 0 Å². The molecule has 3 heterocycles. The molecule has 0 saturated carbocycles. The number of carbonyl (C=O) groups excluding carboxylic acids is 1. The van der Waals surface area contributed by atoms with Crippen LogP contribution in [0, 0.1) is 6.92 Å². The molecule has 5 nitrogen and oxygen atoms in total. The van der Waals surface area contributed by atoms with Crippen LogP contribution in [-0.4, -0.2) is 20.8 Å². The fourth-order valence-corrected chi connectivity index (χ4v) is 3.12. The number of aryl methyl sites for hydroxylation is 2. The van der Waals surface area contributed by atoms with Crippen LogP contribution in [0.2, 0.25) is 0 Å². The Hall–Kier alpha value is -2.47. The molecule has 0 aliphatic rings. The molecule has 0 radical (unpaired) electrons. The average molecular weight is 341 g/mol. The molecule has 0 saturated heterocycles. The summed E-state index contributed by atoms with van der Waals surface area (Å²) < 4.78 is 5.65. The van der Waals surface area contributed by atoms with Gasteiger partial charge in [0.15, 0.2) is 5.89 Å². The minimum absolute atomic E-state index is 0.144. The van der Waals surface area contributed by atoms with E-state index in [-0.39, 0.29) is 5.91 Å². The van der Waals surface area contributed by atoms with Crippen LogP contribution in [0.15, 0.2) is 45.8 Å². The lowest BCUT2D eigenvalue weighted by molar-refractivity contribution is 0.0694. The molecule has 1 amide bonds. The van der Waals surface area contributed by atoms with Gasteiger partial charge in [-0.05, 0) is 40.9 Å². The van der Waals surface area contributed by atoms with Gasteiger partial charge in [-0.3, -0.25) is 9.78 Å². The topological polar surface area (TPSA) is 59.2 Å². The summed E-state index contributed by atoms with van der Waals surface area (Å²) in [5.41, 5.74) is 2.72. The summed E-state index contributed by atoms with van der Waals surface area (Å²) in [6.07, 6.45) is 4.17. The van der Waals surface area contributed by atoms with Gasteiger partial charge in [0.25, 0.3) is 5.91 Å². The van der Waals surface area contributed by atoms with E-state index < -0.39 is 0 Å². The molecule has 0 N–H and O–H groups in total. The molecule has 124 valence electrons. The molecule has 0 bridgehead atoms. The Morgan fingerprint density at radius 3 is 2.75 bits per heavy atom. The van der Waals surface area contributed by atoms with Gasteiger partial charge in [-0.1, -0.05) is 13.0 Å². The quantitative estimate of drug-likeness (QED) is 0.683. The lowest BCUT2D eigenvalue weighted by Gasteiger charge is -2.21. The van der Waals surface area contributed by atoms with Crippen molar-refractivity contribution in [3.63, 3.8) is 0 Å². The standard InChI is InChI=1S/C18H19N3O2S/c1-3-16-20-13(2)17(23-16)18(22)21(11-15-6-8-24-12-15)10-14-5-4-7-19-9-14/h4-9,12H,3,10-11H2,1-2H3. The van der Waals surface area contributed by atoms with Gasteiger partial charge >= 0.3 is 0 Å². The van der Waals surface area contributed by atoms with Crippen molar-refractivity contribution in [2.75, 3.05) is 0 Å². The van der Waals surface area contributed by atoms with E-state index in [4.69, 9.17) is 4.42 Å². The third kappa shape index (κ3) is 3.71. The molecule has 6 heteroatoms. The van der Waals surface area contributed by atoms with Crippen molar-refractivity contribution in [3.8, 4) is 0 Å². The highest BCUT2D eigenvalue weighted by molar-refractivity contribution is 7.07. The predicted octanol–water partition coefficient (Wildman–Crippen LogP) is 3.84. The van der Waals surface area contributed by atoms with Crippen LogP contribution in [-0.2, 0) is 19.5 Å². The molecule has 3 aromatic heterocycles. The largest absolute Gasteiger partial charge is 0.435 e. The zero-order valence-electron chi connectivity index (χ0n) is 13.7. The molecule has 3 aromatic rings. The van der Waals surface area contributed by atoms with Crippen molar-refractivity contribution < 1.29 is 9.21 Å². The van der Waals surface area contributed by atoms with E-state index in [0.29, 0.717) is 36.9 Å². The SMILES string of the molecule is CCc1nc(C)c(C(=O)N(Cc2cccnc2)Cc2ccsc2)o1. The van der Waals surface area contributed by atoms with E-state index in [2.05, 4.69) is 9.97 Å². The Kier molecular flexibility index (Phi) is 5.05. The summed E-state index contributed by atoms with van der Waals surface area (Å²) in [4.78, 5) is 23.2. The first-order valence-corrected chi connectivity index (χ1v) is 8.77. The first-order valence-electron chi connectivity index (χ1n) is 7.83. The Morgan fingerprint density at radius 2 is 2.12 bits per heavy atom. The molecule has 0 fully saturated rings. The highest BCUT2D eigenvalue weighted by Crippen LogP contribution is 2.18. The van der Waals surface area contributed by atoms with Gasteiger partial charge in [0.05, 0.1) is 5.69 Å². The summed E-state index contributed by atoms with van der Waals surface area (Å²) >= 11 is 1.62. The summed E-state index contributed by atoms with van der Waals surface area (Å²) in [6, 6.07) is 5.86. The zero-order valence-corrected chi connectivity index (χ0v) is 14.5. The van der Waals surface area contributed by atoms with Crippen LogP contribution in [0.4, 0.5) is 0 Å². The van der Waals surface area contributed by atoms with Gasteiger partial charge in [0, 0.05) is 31.9 Å². The maximum absolute atomic E-state index is 13.0. The second-order valence-corrected chi connectivity index (χ2v) is 6.31. The summed E-state index contributed by atoms with van der Waals surface area (Å²) in [7, 11) is 0. The molecular weight excluding hydrogens is 322 g/mol. The van der Waals surface area contributed by atoms with Gasteiger partial charge in [-0.15, -0.1) is 0 Å². The van der Waals surface area contributed by atoms with E-state index >= 15 is 0 Å². The summed E-state index contributed by atoms with van der Waals surface area (Å²) in [5.74, 6) is 0.772. The second-order valence-electron chi connectivity index (χ2n) is 5.53. The highest BCUT2D eigenvalue weighted by atomic mass is 32.1. The normalized spacial score (nSPS) is 10.8. The number of pyridine rings is 1. The minimum Gasteiger partial charge on any atom is -0.435 e. The van der Waals surface area contributed by atoms with Gasteiger partial charge in [0.2, 0.25) is 5.76 Å². The van der Waals surface area contributed by atoms with Crippen molar-refractivity contribution >= 4 is 17.2 Å². The van der Waals surface area contributed by atoms with E-state index in [1.807, 2.05) is 42.8 Å². The number of thiophene rings is 1. The number of amides is 1. The van der Waals surface area contributed by atoms with E-state index in [1.165, 1.54) is 0 Å². The number of rotatable bonds is 6. The maximum atomic E-state index is 13.0. The van der Waals surface area contributed by atoms with Crippen LogP contribution in [0.1, 0.15) is 40.2 Å². The van der Waals surface area contributed by atoms with Crippen molar-refractivity contribution in [1.29, 1.82) is 0 Å². The van der Waals surface area contributed by atoms with Gasteiger partial charge in [-0.2, -0.15) is 11.3 Å². The fraction of sp³-hybridized carbons (Fsp3) is 0.278. The first kappa shape index (κ1) is 16.4. The van der Waals surface area contributed by atoms with Crippen molar-refractivity contribution in [1.82, 2.24) is 14.9 Å². The van der Waals surface area contributed by atoms with Gasteiger partial charge < -0.3 is 9.32 Å². The lowest BCUT2D eigenvalue weighted by atomic mass is 10.2. The predicted molar refractivity (Wildman–Crippen MR) is 92.8 cm³/mol. The number of nitrogens with zero attached hydrogens (tertiary/aromatic N) is 3. The number of aromatic nitrogens is 2. The molecule has 3 rings (SSSR count). The fourth-order valence-electron chi connectivity index (χ4n) is 2.46. The number of carbonyl (C=O) groups is 1. The first-order chi connectivity index (χ1) is 11.7. The molecule has 0 unspecified atom stereocenters. The third-order valence-corrected chi connectivity index (χ3v) is 4.41. The number of hydrogen-bond acceptors (Lipinski definition) is 5. The van der Waals surface area contributed by atoms with Gasteiger partial charge in [-0.25, -0.2) is 4.98 Å². The van der Waals surface area contributed by atoms with Crippen LogP contribution >= 0.6 is 11.3 Å². The average Bonchev–Trinajstić information content (AvgIpc) is 3.24. The lowest BCUT2D eigenvalue weighted by Crippen LogP contribution is -2.30. The molecule has 0 atom stereocenters. The third-order valence-electron chi connectivity index (χ3n) is 3.67. The maximum Gasteiger partial charge on any atom is 0.292 e. The molecule has 0 aliphatic heterocycles. The van der Waals surface area contributed by atoms with E-state index in [1.54, 1.807) is 28.6 Å². The minimum atomic E-state index is -0.144. The van der Waals surface area contributed by atoms with Crippen molar-refractivity contribution in [3.05, 3.63) is 69.8 Å². The van der Waals surface area contributed by atoms with Crippen LogP contribution in [0.5, 0.6) is 0 Å². The Bertz CT molecular complexity index is 797. The molecule has 24 heavy (non-hydrogen) atoms. The Balaban J connectivity index is 1.87. The van der Waals surface area contributed by atoms with E-state index in [0.717, 1.165) is 11.1 Å². The Labute approximate surface area is 145 Å².